The summed E-state index contributed by atoms with van der Waals surface area (Å²) in [6, 6.07) is 4.53. The molecule has 2 atom stereocenters. The van der Waals surface area contributed by atoms with E-state index in [0.29, 0.717) is 4.47 Å². The summed E-state index contributed by atoms with van der Waals surface area (Å²) in [6.07, 6.45) is -2.12. The highest BCUT2D eigenvalue weighted by Crippen LogP contribution is 2.28. The van der Waals surface area contributed by atoms with Gasteiger partial charge < -0.3 is 15.9 Å². The minimum absolute atomic E-state index is 0.0295. The van der Waals surface area contributed by atoms with Gasteiger partial charge in [0.15, 0.2) is 0 Å². The molecule has 1 fully saturated rings. The van der Waals surface area contributed by atoms with Crippen molar-refractivity contribution in [2.75, 3.05) is 18.8 Å². The number of anilines is 1. The van der Waals surface area contributed by atoms with Gasteiger partial charge in [0.05, 0.1) is 17.9 Å². The molecule has 8 heteroatoms. The van der Waals surface area contributed by atoms with E-state index >= 15 is 0 Å². The van der Waals surface area contributed by atoms with Crippen LogP contribution in [0.15, 0.2) is 27.6 Å². The summed E-state index contributed by atoms with van der Waals surface area (Å²) in [7, 11) is -3.80. The number of hydrogen-bond acceptors (Lipinski definition) is 5. The van der Waals surface area contributed by atoms with Crippen molar-refractivity contribution in [3.05, 3.63) is 22.7 Å². The van der Waals surface area contributed by atoms with Gasteiger partial charge in [-0.2, -0.15) is 4.31 Å². The molecule has 18 heavy (non-hydrogen) atoms. The van der Waals surface area contributed by atoms with Crippen LogP contribution in [0.3, 0.4) is 0 Å². The van der Waals surface area contributed by atoms with Crippen molar-refractivity contribution in [1.29, 1.82) is 0 Å². The lowest BCUT2D eigenvalue weighted by Gasteiger charge is -2.17. The van der Waals surface area contributed by atoms with Gasteiger partial charge in [-0.1, -0.05) is 15.9 Å². The van der Waals surface area contributed by atoms with Crippen molar-refractivity contribution >= 4 is 31.6 Å². The summed E-state index contributed by atoms with van der Waals surface area (Å²) in [5.41, 5.74) is 5.79. The maximum Gasteiger partial charge on any atom is 0.245 e. The molecule has 1 aliphatic rings. The first-order chi connectivity index (χ1) is 8.32. The molecule has 1 aromatic carbocycles. The molecule has 2 rings (SSSR count). The van der Waals surface area contributed by atoms with Gasteiger partial charge in [-0.05, 0) is 18.2 Å². The quantitative estimate of drug-likeness (QED) is 0.646. The maximum atomic E-state index is 12.3. The first-order valence-electron chi connectivity index (χ1n) is 5.23. The van der Waals surface area contributed by atoms with Crippen molar-refractivity contribution in [3.63, 3.8) is 0 Å². The molecule has 0 bridgehead atoms. The Bertz CT molecular complexity index is 553. The lowest BCUT2D eigenvalue weighted by molar-refractivity contribution is 0.0572. The summed E-state index contributed by atoms with van der Waals surface area (Å²) in [4.78, 5) is -0.0295. The van der Waals surface area contributed by atoms with E-state index in [2.05, 4.69) is 15.9 Å². The summed E-state index contributed by atoms with van der Waals surface area (Å²) in [6.45, 7) is -0.259. The number of halogens is 1. The van der Waals surface area contributed by atoms with Crippen molar-refractivity contribution in [2.24, 2.45) is 0 Å². The SMILES string of the molecule is Nc1ccc(Br)cc1S(=O)(=O)N1C[C@@H](O)[C@@H](O)C1. The number of aliphatic hydroxyl groups is 2. The van der Waals surface area contributed by atoms with E-state index in [1.807, 2.05) is 0 Å². The van der Waals surface area contributed by atoms with Gasteiger partial charge in [0.1, 0.15) is 4.90 Å². The topological polar surface area (TPSA) is 104 Å². The van der Waals surface area contributed by atoms with Crippen LogP contribution in [-0.2, 0) is 10.0 Å². The number of hydrogen-bond donors (Lipinski definition) is 3. The molecular formula is C10H13BrN2O4S. The second-order valence-electron chi connectivity index (χ2n) is 4.14. The molecule has 1 aromatic rings. The van der Waals surface area contributed by atoms with Crippen LogP contribution in [0.5, 0.6) is 0 Å². The highest BCUT2D eigenvalue weighted by Gasteiger charge is 2.38. The summed E-state index contributed by atoms with van der Waals surface area (Å²) >= 11 is 3.18. The van der Waals surface area contributed by atoms with E-state index in [1.165, 1.54) is 12.1 Å². The number of nitrogens with zero attached hydrogens (tertiary/aromatic N) is 1. The zero-order valence-corrected chi connectivity index (χ0v) is 11.7. The highest BCUT2D eigenvalue weighted by molar-refractivity contribution is 9.10. The standard InChI is InChI=1S/C10H13BrN2O4S/c11-6-1-2-7(12)10(3-6)18(16,17)13-4-8(14)9(15)5-13/h1-3,8-9,14-15H,4-5,12H2/t8-,9+. The molecule has 1 saturated heterocycles. The lowest BCUT2D eigenvalue weighted by Crippen LogP contribution is -2.30. The van der Waals surface area contributed by atoms with E-state index in [9.17, 15) is 18.6 Å². The number of β-amino-alcohol motifs (C(OH)–C–C–N with tert-alkyl or cyclic N) is 2. The van der Waals surface area contributed by atoms with Crippen molar-refractivity contribution < 1.29 is 18.6 Å². The smallest absolute Gasteiger partial charge is 0.245 e. The van der Waals surface area contributed by atoms with Gasteiger partial charge in [0.2, 0.25) is 10.0 Å². The zero-order valence-electron chi connectivity index (χ0n) is 9.32. The first kappa shape index (κ1) is 13.8. The third kappa shape index (κ3) is 2.39. The van der Waals surface area contributed by atoms with Gasteiger partial charge >= 0.3 is 0 Å². The van der Waals surface area contributed by atoms with E-state index in [4.69, 9.17) is 5.73 Å². The average molecular weight is 337 g/mol. The molecule has 0 amide bonds. The second-order valence-corrected chi connectivity index (χ2v) is 6.96. The number of nitrogens with two attached hydrogens (primary N) is 1. The summed E-state index contributed by atoms with van der Waals surface area (Å²) < 4.78 is 26.2. The molecule has 100 valence electrons. The Kier molecular flexibility index (Phi) is 3.65. The van der Waals surface area contributed by atoms with Crippen LogP contribution < -0.4 is 5.73 Å². The fourth-order valence-electron chi connectivity index (χ4n) is 1.80. The van der Waals surface area contributed by atoms with E-state index in [0.717, 1.165) is 4.31 Å². The van der Waals surface area contributed by atoms with Crippen LogP contribution in [-0.4, -0.2) is 48.2 Å². The first-order valence-corrected chi connectivity index (χ1v) is 7.47. The predicted molar refractivity (Wildman–Crippen MR) is 69.3 cm³/mol. The fourth-order valence-corrected chi connectivity index (χ4v) is 3.93. The number of nitrogen functional groups attached to an aromatic ring is 1. The molecule has 1 heterocycles. The highest BCUT2D eigenvalue weighted by atomic mass is 79.9. The molecule has 0 unspecified atom stereocenters. The predicted octanol–water partition coefficient (Wildman–Crippen LogP) is -0.243. The Balaban J connectivity index is 2.40. The number of benzene rings is 1. The van der Waals surface area contributed by atoms with Crippen LogP contribution in [0, 0.1) is 0 Å². The molecule has 0 aliphatic carbocycles. The largest absolute Gasteiger partial charge is 0.398 e. The normalized spacial score (nSPS) is 25.5. The molecule has 0 saturated carbocycles. The van der Waals surface area contributed by atoms with Crippen LogP contribution in [0.1, 0.15) is 0 Å². The Morgan fingerprint density at radius 1 is 1.28 bits per heavy atom. The third-order valence-corrected chi connectivity index (χ3v) is 5.20. The monoisotopic (exact) mass is 336 g/mol. The van der Waals surface area contributed by atoms with Crippen LogP contribution in [0.4, 0.5) is 5.69 Å². The Morgan fingerprint density at radius 3 is 2.39 bits per heavy atom. The van der Waals surface area contributed by atoms with Gasteiger partial charge in [-0.25, -0.2) is 8.42 Å². The maximum absolute atomic E-state index is 12.3. The van der Waals surface area contributed by atoms with Crippen LogP contribution in [0.2, 0.25) is 0 Å². The lowest BCUT2D eigenvalue weighted by atomic mass is 10.3. The summed E-state index contributed by atoms with van der Waals surface area (Å²) in [5, 5.41) is 18.8. The second kappa shape index (κ2) is 4.78. The molecule has 6 nitrogen and oxygen atoms in total. The molecular weight excluding hydrogens is 324 g/mol. The molecule has 0 radical (unpaired) electrons. The average Bonchev–Trinajstić information content (AvgIpc) is 2.63. The molecule has 1 aliphatic heterocycles. The van der Waals surface area contributed by atoms with E-state index in [1.54, 1.807) is 6.07 Å². The van der Waals surface area contributed by atoms with Crippen molar-refractivity contribution in [3.8, 4) is 0 Å². The minimum atomic E-state index is -3.80. The van der Waals surface area contributed by atoms with E-state index < -0.39 is 22.2 Å². The van der Waals surface area contributed by atoms with Crippen LogP contribution >= 0.6 is 15.9 Å². The van der Waals surface area contributed by atoms with Gasteiger partial charge in [0.25, 0.3) is 0 Å². The molecule has 0 spiro atoms. The van der Waals surface area contributed by atoms with Crippen molar-refractivity contribution in [2.45, 2.75) is 17.1 Å². The van der Waals surface area contributed by atoms with Gasteiger partial charge in [-0.15, -0.1) is 0 Å². The Labute approximate surface area is 113 Å². The third-order valence-electron chi connectivity index (χ3n) is 2.82. The van der Waals surface area contributed by atoms with Gasteiger partial charge in [0, 0.05) is 17.6 Å². The van der Waals surface area contributed by atoms with Crippen molar-refractivity contribution in [1.82, 2.24) is 4.31 Å². The molecule has 4 N–H and O–H groups in total. The van der Waals surface area contributed by atoms with E-state index in [-0.39, 0.29) is 23.7 Å². The number of aliphatic hydroxyl groups excluding tert-OH is 2. The minimum Gasteiger partial charge on any atom is -0.398 e. The zero-order chi connectivity index (χ0) is 13.5. The summed E-state index contributed by atoms with van der Waals surface area (Å²) in [5.74, 6) is 0. The Morgan fingerprint density at radius 2 is 1.83 bits per heavy atom. The van der Waals surface area contributed by atoms with Gasteiger partial charge in [-0.3, -0.25) is 0 Å². The van der Waals surface area contributed by atoms with Crippen LogP contribution in [0.25, 0.3) is 0 Å². The number of rotatable bonds is 2. The molecule has 0 aromatic heterocycles. The Hall–Kier alpha value is -0.670. The number of sulfonamides is 1. The fraction of sp³-hybridized carbons (Fsp3) is 0.400.